The minimum Gasteiger partial charge on any atom is -0.467 e. The van der Waals surface area contributed by atoms with Crippen molar-refractivity contribution in [1.82, 2.24) is 10.2 Å². The predicted molar refractivity (Wildman–Crippen MR) is 84.7 cm³/mol. The summed E-state index contributed by atoms with van der Waals surface area (Å²) in [4.78, 5) is 25.4. The molecule has 23 heavy (non-hydrogen) atoms. The highest BCUT2D eigenvalue weighted by Crippen LogP contribution is 2.12. The molecule has 1 N–H and O–H groups in total. The van der Waals surface area contributed by atoms with E-state index >= 15 is 0 Å². The number of carbonyl (C=O) groups is 2. The van der Waals surface area contributed by atoms with Gasteiger partial charge >= 0.3 is 0 Å². The second kappa shape index (κ2) is 8.14. The molecule has 0 atom stereocenters. The van der Waals surface area contributed by atoms with Gasteiger partial charge in [-0.3, -0.25) is 9.59 Å². The van der Waals surface area contributed by atoms with Gasteiger partial charge < -0.3 is 19.4 Å². The molecule has 2 amide bonds. The maximum Gasteiger partial charge on any atom is 0.251 e. The number of ether oxygens (including phenoxy) is 1. The van der Waals surface area contributed by atoms with Crippen molar-refractivity contribution in [1.29, 1.82) is 0 Å². The fourth-order valence-electron chi connectivity index (χ4n) is 2.16. The molecule has 0 fully saturated rings. The summed E-state index contributed by atoms with van der Waals surface area (Å²) in [7, 11) is 3.08. The van der Waals surface area contributed by atoms with Crippen LogP contribution < -0.4 is 5.32 Å². The highest BCUT2D eigenvalue weighted by atomic mass is 16.5. The van der Waals surface area contributed by atoms with Crippen LogP contribution in [0.2, 0.25) is 0 Å². The molecule has 1 heterocycles. The molecule has 2 rings (SSSR count). The lowest BCUT2D eigenvalue weighted by molar-refractivity contribution is -0.136. The van der Waals surface area contributed by atoms with Gasteiger partial charge in [0.2, 0.25) is 5.91 Å². The Balaban J connectivity index is 2.10. The van der Waals surface area contributed by atoms with Crippen LogP contribution in [0.3, 0.4) is 0 Å². The zero-order valence-electron chi connectivity index (χ0n) is 13.2. The SMILES string of the molecule is CNC(=O)c1ccc(CN(Cc2ccco2)C(=O)COC)cc1. The first kappa shape index (κ1) is 16.8. The molecule has 122 valence electrons. The quantitative estimate of drug-likeness (QED) is 0.845. The van der Waals surface area contributed by atoms with E-state index in [4.69, 9.17) is 9.15 Å². The van der Waals surface area contributed by atoms with Gasteiger partial charge in [0.15, 0.2) is 0 Å². The Morgan fingerprint density at radius 2 is 1.91 bits per heavy atom. The summed E-state index contributed by atoms with van der Waals surface area (Å²) in [5, 5.41) is 2.57. The van der Waals surface area contributed by atoms with Crippen LogP contribution in [0.4, 0.5) is 0 Å². The van der Waals surface area contributed by atoms with Crippen LogP contribution in [0, 0.1) is 0 Å². The van der Waals surface area contributed by atoms with E-state index in [2.05, 4.69) is 5.32 Å². The van der Waals surface area contributed by atoms with Gasteiger partial charge in [0.05, 0.1) is 12.8 Å². The van der Waals surface area contributed by atoms with E-state index in [1.165, 1.54) is 7.11 Å². The zero-order chi connectivity index (χ0) is 16.7. The molecule has 1 aromatic heterocycles. The maximum absolute atomic E-state index is 12.2. The molecule has 0 aliphatic heterocycles. The smallest absolute Gasteiger partial charge is 0.251 e. The highest BCUT2D eigenvalue weighted by Gasteiger charge is 2.16. The number of hydrogen-bond donors (Lipinski definition) is 1. The van der Waals surface area contributed by atoms with Crippen molar-refractivity contribution in [3.8, 4) is 0 Å². The largest absolute Gasteiger partial charge is 0.467 e. The lowest BCUT2D eigenvalue weighted by atomic mass is 10.1. The summed E-state index contributed by atoms with van der Waals surface area (Å²) in [6, 6.07) is 10.7. The van der Waals surface area contributed by atoms with Crippen LogP contribution in [-0.2, 0) is 22.6 Å². The van der Waals surface area contributed by atoms with E-state index in [0.717, 1.165) is 5.56 Å². The first-order chi connectivity index (χ1) is 11.1. The van der Waals surface area contributed by atoms with Crippen LogP contribution >= 0.6 is 0 Å². The number of rotatable bonds is 7. The van der Waals surface area contributed by atoms with Crippen LogP contribution in [0.5, 0.6) is 0 Å². The monoisotopic (exact) mass is 316 g/mol. The van der Waals surface area contributed by atoms with Gasteiger partial charge in [-0.05, 0) is 29.8 Å². The van der Waals surface area contributed by atoms with Gasteiger partial charge in [0.25, 0.3) is 5.91 Å². The second-order valence-corrected chi connectivity index (χ2v) is 5.04. The van der Waals surface area contributed by atoms with Gasteiger partial charge in [-0.15, -0.1) is 0 Å². The van der Waals surface area contributed by atoms with Crippen LogP contribution in [0.15, 0.2) is 47.1 Å². The van der Waals surface area contributed by atoms with Crippen molar-refractivity contribution in [3.05, 3.63) is 59.5 Å². The lowest BCUT2D eigenvalue weighted by Gasteiger charge is -2.21. The van der Waals surface area contributed by atoms with Crippen LogP contribution in [-0.4, -0.2) is 37.5 Å². The van der Waals surface area contributed by atoms with Crippen molar-refractivity contribution in [2.75, 3.05) is 20.8 Å². The summed E-state index contributed by atoms with van der Waals surface area (Å²) < 4.78 is 10.2. The van der Waals surface area contributed by atoms with E-state index in [1.807, 2.05) is 18.2 Å². The molecule has 2 aromatic rings. The number of nitrogens with zero attached hydrogens (tertiary/aromatic N) is 1. The molecule has 0 saturated heterocycles. The average molecular weight is 316 g/mol. The third-order valence-electron chi connectivity index (χ3n) is 3.36. The normalized spacial score (nSPS) is 10.3. The molecule has 0 aliphatic rings. The second-order valence-electron chi connectivity index (χ2n) is 5.04. The van der Waals surface area contributed by atoms with E-state index in [0.29, 0.717) is 24.4 Å². The Hall–Kier alpha value is -2.60. The fraction of sp³-hybridized carbons (Fsp3) is 0.294. The van der Waals surface area contributed by atoms with Gasteiger partial charge in [-0.25, -0.2) is 0 Å². The Labute approximate surface area is 135 Å². The number of amides is 2. The number of furan rings is 1. The summed E-state index contributed by atoms with van der Waals surface area (Å²) >= 11 is 0. The summed E-state index contributed by atoms with van der Waals surface area (Å²) in [5.74, 6) is 0.440. The van der Waals surface area contributed by atoms with Gasteiger partial charge in [0.1, 0.15) is 12.4 Å². The van der Waals surface area contributed by atoms with Crippen molar-refractivity contribution in [2.45, 2.75) is 13.1 Å². The lowest BCUT2D eigenvalue weighted by Crippen LogP contribution is -2.32. The Kier molecular flexibility index (Phi) is 5.94. The molecular formula is C17H20N2O4. The van der Waals surface area contributed by atoms with Gasteiger partial charge in [0, 0.05) is 26.3 Å². The van der Waals surface area contributed by atoms with E-state index in [-0.39, 0.29) is 18.4 Å². The third kappa shape index (κ3) is 4.69. The molecular weight excluding hydrogens is 296 g/mol. The molecule has 0 saturated carbocycles. The van der Waals surface area contributed by atoms with E-state index < -0.39 is 0 Å². The van der Waals surface area contributed by atoms with Gasteiger partial charge in [-0.2, -0.15) is 0 Å². The molecule has 0 bridgehead atoms. The predicted octanol–water partition coefficient (Wildman–Crippen LogP) is 1.81. The zero-order valence-corrected chi connectivity index (χ0v) is 13.2. The number of nitrogens with one attached hydrogen (secondary N) is 1. The molecule has 6 heteroatoms. The Morgan fingerprint density at radius 3 is 2.48 bits per heavy atom. The molecule has 0 aliphatic carbocycles. The molecule has 1 aromatic carbocycles. The minimum absolute atomic E-state index is 0.0109. The average Bonchev–Trinajstić information content (AvgIpc) is 3.07. The van der Waals surface area contributed by atoms with Crippen molar-refractivity contribution < 1.29 is 18.7 Å². The Bertz CT molecular complexity index is 635. The Morgan fingerprint density at radius 1 is 1.17 bits per heavy atom. The van der Waals surface area contributed by atoms with Crippen LogP contribution in [0.1, 0.15) is 21.7 Å². The fourth-order valence-corrected chi connectivity index (χ4v) is 2.16. The topological polar surface area (TPSA) is 71.8 Å². The number of carbonyl (C=O) groups excluding carboxylic acids is 2. The summed E-state index contributed by atoms with van der Waals surface area (Å²) in [6.45, 7) is 0.792. The van der Waals surface area contributed by atoms with Crippen molar-refractivity contribution in [3.63, 3.8) is 0 Å². The summed E-state index contributed by atoms with van der Waals surface area (Å²) in [5.41, 5.74) is 1.51. The standard InChI is InChI=1S/C17H20N2O4/c1-18-17(21)14-7-5-13(6-8-14)10-19(16(20)12-22-2)11-15-4-3-9-23-15/h3-9H,10-12H2,1-2H3,(H,18,21). The molecule has 6 nitrogen and oxygen atoms in total. The number of benzene rings is 1. The highest BCUT2D eigenvalue weighted by molar-refractivity contribution is 5.93. The molecule has 0 spiro atoms. The van der Waals surface area contributed by atoms with Gasteiger partial charge in [-0.1, -0.05) is 12.1 Å². The van der Waals surface area contributed by atoms with Crippen molar-refractivity contribution >= 4 is 11.8 Å². The van der Waals surface area contributed by atoms with Crippen LogP contribution in [0.25, 0.3) is 0 Å². The first-order valence-corrected chi connectivity index (χ1v) is 7.24. The first-order valence-electron chi connectivity index (χ1n) is 7.24. The van der Waals surface area contributed by atoms with E-state index in [9.17, 15) is 9.59 Å². The number of methoxy groups -OCH3 is 1. The maximum atomic E-state index is 12.2. The third-order valence-corrected chi connectivity index (χ3v) is 3.36. The number of hydrogen-bond acceptors (Lipinski definition) is 4. The summed E-state index contributed by atoms with van der Waals surface area (Å²) in [6.07, 6.45) is 1.58. The molecule has 0 radical (unpaired) electrons. The molecule has 0 unspecified atom stereocenters. The van der Waals surface area contributed by atoms with E-state index in [1.54, 1.807) is 36.4 Å². The minimum atomic E-state index is -0.139. The van der Waals surface area contributed by atoms with Crippen molar-refractivity contribution in [2.24, 2.45) is 0 Å².